The molecule has 1 aliphatic heterocycles. The van der Waals surface area contributed by atoms with Crippen LogP contribution in [0.3, 0.4) is 0 Å². The van der Waals surface area contributed by atoms with E-state index in [9.17, 15) is 0 Å². The molecular weight excluding hydrogens is 270 g/mol. The Labute approximate surface area is 128 Å². The highest BCUT2D eigenvalue weighted by molar-refractivity contribution is 8.00. The maximum absolute atomic E-state index is 5.51. The third-order valence-corrected chi connectivity index (χ3v) is 5.16. The van der Waals surface area contributed by atoms with E-state index in [0.717, 1.165) is 57.3 Å². The second kappa shape index (κ2) is 9.50. The van der Waals surface area contributed by atoms with Crippen LogP contribution in [0.15, 0.2) is 4.99 Å². The summed E-state index contributed by atoms with van der Waals surface area (Å²) >= 11 is 2.04. The lowest BCUT2D eigenvalue weighted by Gasteiger charge is -2.35. The molecule has 118 valence electrons. The molecule has 0 aliphatic carbocycles. The van der Waals surface area contributed by atoms with Crippen LogP contribution >= 0.6 is 11.8 Å². The van der Waals surface area contributed by atoms with Crippen molar-refractivity contribution in [3.8, 4) is 0 Å². The van der Waals surface area contributed by atoms with Gasteiger partial charge in [0.1, 0.15) is 0 Å². The molecule has 1 rings (SSSR count). The van der Waals surface area contributed by atoms with Crippen molar-refractivity contribution in [2.24, 2.45) is 4.99 Å². The number of hydrogen-bond donors (Lipinski definition) is 2. The van der Waals surface area contributed by atoms with E-state index in [1.54, 1.807) is 0 Å². The lowest BCUT2D eigenvalue weighted by molar-refractivity contribution is 0.0793. The van der Waals surface area contributed by atoms with Crippen LogP contribution in [-0.2, 0) is 4.74 Å². The van der Waals surface area contributed by atoms with Gasteiger partial charge in [-0.25, -0.2) is 0 Å². The van der Waals surface area contributed by atoms with Gasteiger partial charge in [-0.15, -0.1) is 0 Å². The van der Waals surface area contributed by atoms with Gasteiger partial charge in [-0.3, -0.25) is 4.99 Å². The molecule has 4 nitrogen and oxygen atoms in total. The average Bonchev–Trinajstić information content (AvgIpc) is 2.46. The highest BCUT2D eigenvalue weighted by atomic mass is 32.2. The summed E-state index contributed by atoms with van der Waals surface area (Å²) in [6, 6.07) is 0.456. The van der Waals surface area contributed by atoms with E-state index in [4.69, 9.17) is 9.73 Å². The second-order valence-corrected chi connectivity index (χ2v) is 7.11. The minimum Gasteiger partial charge on any atom is -0.381 e. The summed E-state index contributed by atoms with van der Waals surface area (Å²) in [6.45, 7) is 12.2. The Kier molecular flexibility index (Phi) is 8.38. The van der Waals surface area contributed by atoms with Crippen LogP contribution in [0.2, 0.25) is 0 Å². The number of nitrogens with zero attached hydrogens (tertiary/aromatic N) is 1. The summed E-state index contributed by atoms with van der Waals surface area (Å²) in [7, 11) is 0. The van der Waals surface area contributed by atoms with Crippen molar-refractivity contribution in [1.29, 1.82) is 0 Å². The van der Waals surface area contributed by atoms with Gasteiger partial charge in [-0.2, -0.15) is 11.8 Å². The number of guanidine groups is 1. The molecule has 1 saturated heterocycles. The molecule has 0 spiro atoms. The van der Waals surface area contributed by atoms with Gasteiger partial charge in [-0.05, 0) is 38.9 Å². The molecule has 0 saturated carbocycles. The molecule has 1 fully saturated rings. The van der Waals surface area contributed by atoms with E-state index >= 15 is 0 Å². The normalized spacial score (nSPS) is 20.5. The number of nitrogens with one attached hydrogen (secondary N) is 2. The second-order valence-electron chi connectivity index (χ2n) is 5.38. The molecular formula is C15H31N3OS. The number of hydrogen-bond acceptors (Lipinski definition) is 3. The minimum absolute atomic E-state index is 0.269. The zero-order valence-corrected chi connectivity index (χ0v) is 14.3. The average molecular weight is 302 g/mol. The van der Waals surface area contributed by atoms with E-state index in [1.807, 2.05) is 11.8 Å². The fourth-order valence-electron chi connectivity index (χ4n) is 2.28. The zero-order chi connectivity index (χ0) is 14.8. The van der Waals surface area contributed by atoms with Crippen LogP contribution in [0.25, 0.3) is 0 Å². The molecule has 1 aliphatic rings. The third kappa shape index (κ3) is 5.92. The van der Waals surface area contributed by atoms with Gasteiger partial charge >= 0.3 is 0 Å². The summed E-state index contributed by atoms with van der Waals surface area (Å²) in [5.74, 6) is 2.09. The van der Waals surface area contributed by atoms with Crippen LogP contribution in [-0.4, -0.2) is 48.8 Å². The predicted octanol–water partition coefficient (Wildman–Crippen LogP) is 2.64. The molecule has 0 radical (unpaired) electrons. The monoisotopic (exact) mass is 301 g/mol. The first-order chi connectivity index (χ1) is 9.65. The Morgan fingerprint density at radius 2 is 2.00 bits per heavy atom. The van der Waals surface area contributed by atoms with E-state index in [0.29, 0.717) is 6.04 Å². The van der Waals surface area contributed by atoms with Crippen LogP contribution in [0, 0.1) is 0 Å². The summed E-state index contributed by atoms with van der Waals surface area (Å²) in [5, 5.41) is 6.81. The lowest BCUT2D eigenvalue weighted by Crippen LogP contribution is -2.44. The number of thioether (sulfide) groups is 1. The largest absolute Gasteiger partial charge is 0.381 e. The Bertz CT molecular complexity index is 285. The maximum Gasteiger partial charge on any atom is 0.191 e. The molecule has 0 aromatic carbocycles. The van der Waals surface area contributed by atoms with Crippen molar-refractivity contribution in [3.05, 3.63) is 0 Å². The molecule has 0 amide bonds. The summed E-state index contributed by atoms with van der Waals surface area (Å²) in [5.41, 5.74) is 0. The highest BCUT2D eigenvalue weighted by Gasteiger charge is 2.32. The minimum atomic E-state index is 0.269. The Morgan fingerprint density at radius 3 is 2.55 bits per heavy atom. The van der Waals surface area contributed by atoms with Crippen LogP contribution in [0.4, 0.5) is 0 Å². The molecule has 20 heavy (non-hydrogen) atoms. The Hall–Kier alpha value is -0.420. The van der Waals surface area contributed by atoms with Crippen molar-refractivity contribution in [3.63, 3.8) is 0 Å². The van der Waals surface area contributed by atoms with E-state index in [1.165, 1.54) is 0 Å². The number of rotatable bonds is 7. The van der Waals surface area contributed by atoms with Crippen molar-refractivity contribution in [1.82, 2.24) is 10.6 Å². The van der Waals surface area contributed by atoms with Gasteiger partial charge in [0.25, 0.3) is 0 Å². The lowest BCUT2D eigenvalue weighted by atomic mass is 9.99. The van der Waals surface area contributed by atoms with Gasteiger partial charge < -0.3 is 15.4 Å². The van der Waals surface area contributed by atoms with Crippen LogP contribution < -0.4 is 10.6 Å². The molecule has 5 heteroatoms. The molecule has 1 heterocycles. The van der Waals surface area contributed by atoms with Crippen molar-refractivity contribution < 1.29 is 4.74 Å². The third-order valence-electron chi connectivity index (χ3n) is 3.72. The predicted molar refractivity (Wildman–Crippen MR) is 89.8 cm³/mol. The Morgan fingerprint density at radius 1 is 1.30 bits per heavy atom. The van der Waals surface area contributed by atoms with Crippen LogP contribution in [0.5, 0.6) is 0 Å². The fraction of sp³-hybridized carbons (Fsp3) is 0.933. The number of ether oxygens (including phenoxy) is 1. The van der Waals surface area contributed by atoms with E-state index < -0.39 is 0 Å². The van der Waals surface area contributed by atoms with Crippen LogP contribution in [0.1, 0.15) is 47.0 Å². The van der Waals surface area contributed by atoms with Crippen molar-refractivity contribution in [2.75, 3.05) is 32.1 Å². The van der Waals surface area contributed by atoms with Gasteiger partial charge in [0.05, 0.1) is 6.54 Å². The summed E-state index contributed by atoms with van der Waals surface area (Å²) < 4.78 is 5.78. The smallest absolute Gasteiger partial charge is 0.191 e. The first kappa shape index (κ1) is 17.6. The maximum atomic E-state index is 5.51. The molecule has 0 aromatic rings. The first-order valence-corrected chi connectivity index (χ1v) is 8.91. The summed E-state index contributed by atoms with van der Waals surface area (Å²) in [4.78, 5) is 4.83. The standard InChI is InChI=1S/C15H31N3OS/c1-5-13(4)18-14(16-6-2)17-12-15(20-7-3)8-10-19-11-9-15/h13H,5-12H2,1-4H3,(H2,16,17,18). The first-order valence-electron chi connectivity index (χ1n) is 7.92. The van der Waals surface area contributed by atoms with E-state index in [-0.39, 0.29) is 4.75 Å². The van der Waals surface area contributed by atoms with Gasteiger partial charge in [0, 0.05) is 30.5 Å². The fourth-order valence-corrected chi connectivity index (χ4v) is 3.50. The summed E-state index contributed by atoms with van der Waals surface area (Å²) in [6.07, 6.45) is 3.32. The van der Waals surface area contributed by atoms with Crippen molar-refractivity contribution >= 4 is 17.7 Å². The van der Waals surface area contributed by atoms with Gasteiger partial charge in [0.2, 0.25) is 0 Å². The molecule has 1 unspecified atom stereocenters. The number of aliphatic imine (C=N–C) groups is 1. The van der Waals surface area contributed by atoms with E-state index in [2.05, 4.69) is 38.3 Å². The van der Waals surface area contributed by atoms with Crippen molar-refractivity contribution in [2.45, 2.75) is 57.7 Å². The molecule has 1 atom stereocenters. The molecule has 2 N–H and O–H groups in total. The molecule has 0 bridgehead atoms. The molecule has 0 aromatic heterocycles. The topological polar surface area (TPSA) is 45.7 Å². The van der Waals surface area contributed by atoms with Gasteiger partial charge in [-0.1, -0.05) is 13.8 Å². The Balaban J connectivity index is 2.65. The zero-order valence-electron chi connectivity index (χ0n) is 13.5. The highest BCUT2D eigenvalue weighted by Crippen LogP contribution is 2.35. The quantitative estimate of drug-likeness (QED) is 0.560. The van der Waals surface area contributed by atoms with Gasteiger partial charge in [0.15, 0.2) is 5.96 Å². The SMILES string of the molecule is CCNC(=NCC1(SCC)CCOCC1)NC(C)CC.